The van der Waals surface area contributed by atoms with Crippen LogP contribution in [0.15, 0.2) is 0 Å². The average molecular weight is 340 g/mol. The van der Waals surface area contributed by atoms with Crippen molar-refractivity contribution in [2.75, 3.05) is 25.4 Å². The number of halogens is 2. The fourth-order valence-electron chi connectivity index (χ4n) is 2.80. The van der Waals surface area contributed by atoms with E-state index in [1.807, 2.05) is 0 Å². The molecule has 2 fully saturated rings. The molecule has 6 nitrogen and oxygen atoms in total. The van der Waals surface area contributed by atoms with Crippen molar-refractivity contribution in [3.05, 3.63) is 0 Å². The number of amides is 1. The zero-order valence-corrected chi connectivity index (χ0v) is 13.8. The molecule has 0 aromatic rings. The number of nitrogens with zero attached hydrogens (tertiary/aromatic N) is 2. The minimum atomic E-state index is -3.50. The minimum absolute atomic E-state index is 0.0263. The number of carbonyl (C=O) groups excluding carboxylic acids is 1. The van der Waals surface area contributed by atoms with Gasteiger partial charge in [0, 0.05) is 25.6 Å². The molecular weight excluding hydrogens is 318 g/mol. The Hall–Kier alpha value is -0.960. The van der Waals surface area contributed by atoms with E-state index in [-0.39, 0.29) is 18.8 Å². The summed E-state index contributed by atoms with van der Waals surface area (Å²) in [5.74, 6) is -3.15. The van der Waals surface area contributed by atoms with Gasteiger partial charge < -0.3 is 9.64 Å². The highest BCUT2D eigenvalue weighted by molar-refractivity contribution is 7.89. The first-order valence-electron chi connectivity index (χ1n) is 7.25. The van der Waals surface area contributed by atoms with E-state index in [9.17, 15) is 22.0 Å². The lowest BCUT2D eigenvalue weighted by molar-refractivity contribution is -0.0861. The normalized spacial score (nSPS) is 28.6. The van der Waals surface area contributed by atoms with Crippen LogP contribution in [0.1, 0.15) is 33.6 Å². The number of sulfonamides is 1. The number of alkyl halides is 2. The standard InChI is InChI=1S/C13H22F2N2O4S/c1-12(2,3)21-11(18)16-8-10(7-13(14,15)9-16)17-5-4-6-22(17,19)20/h10H,4-9H2,1-3H3/t10-/m1/s1. The Morgan fingerprint density at radius 2 is 1.95 bits per heavy atom. The Bertz CT molecular complexity index is 545. The van der Waals surface area contributed by atoms with Crippen molar-refractivity contribution in [1.29, 1.82) is 0 Å². The number of hydrogen-bond donors (Lipinski definition) is 0. The van der Waals surface area contributed by atoms with Crippen LogP contribution in [0.5, 0.6) is 0 Å². The second kappa shape index (κ2) is 5.59. The Morgan fingerprint density at radius 1 is 1.32 bits per heavy atom. The number of piperidine rings is 1. The monoisotopic (exact) mass is 340 g/mol. The first-order chi connectivity index (χ1) is 9.90. The van der Waals surface area contributed by atoms with Crippen molar-refractivity contribution in [3.63, 3.8) is 0 Å². The van der Waals surface area contributed by atoms with Gasteiger partial charge in [-0.1, -0.05) is 0 Å². The summed E-state index contributed by atoms with van der Waals surface area (Å²) in [6.45, 7) is 4.36. The molecule has 22 heavy (non-hydrogen) atoms. The fraction of sp³-hybridized carbons (Fsp3) is 0.923. The van der Waals surface area contributed by atoms with Gasteiger partial charge >= 0.3 is 6.09 Å². The summed E-state index contributed by atoms with van der Waals surface area (Å²) in [6.07, 6.45) is -0.976. The number of ether oxygens (including phenoxy) is 1. The molecule has 1 atom stereocenters. The van der Waals surface area contributed by atoms with Crippen LogP contribution >= 0.6 is 0 Å². The molecule has 2 saturated heterocycles. The smallest absolute Gasteiger partial charge is 0.410 e. The second-order valence-corrected chi connectivity index (χ2v) is 8.90. The lowest BCUT2D eigenvalue weighted by Crippen LogP contribution is -2.57. The number of carbonyl (C=O) groups is 1. The van der Waals surface area contributed by atoms with Crippen LogP contribution in [0.3, 0.4) is 0 Å². The summed E-state index contributed by atoms with van der Waals surface area (Å²) < 4.78 is 57.9. The molecule has 0 N–H and O–H groups in total. The average Bonchev–Trinajstić information content (AvgIpc) is 2.64. The first kappa shape index (κ1) is 17.4. The topological polar surface area (TPSA) is 66.9 Å². The highest BCUT2D eigenvalue weighted by Crippen LogP contribution is 2.33. The van der Waals surface area contributed by atoms with E-state index < -0.39 is 46.6 Å². The maximum absolute atomic E-state index is 13.9. The molecule has 2 aliphatic rings. The van der Waals surface area contributed by atoms with Crippen LogP contribution in [0.2, 0.25) is 0 Å². The van der Waals surface area contributed by atoms with E-state index in [2.05, 4.69) is 0 Å². The fourth-order valence-corrected chi connectivity index (χ4v) is 4.53. The summed E-state index contributed by atoms with van der Waals surface area (Å²) in [4.78, 5) is 12.9. The number of hydrogen-bond acceptors (Lipinski definition) is 4. The van der Waals surface area contributed by atoms with Crippen LogP contribution in [-0.2, 0) is 14.8 Å². The molecular formula is C13H22F2N2O4S. The molecule has 9 heteroatoms. The lowest BCUT2D eigenvalue weighted by atomic mass is 10.0. The quantitative estimate of drug-likeness (QED) is 0.728. The van der Waals surface area contributed by atoms with Gasteiger partial charge in [0.2, 0.25) is 10.0 Å². The van der Waals surface area contributed by atoms with E-state index in [0.717, 1.165) is 9.21 Å². The van der Waals surface area contributed by atoms with Crippen molar-refractivity contribution < 1.29 is 26.7 Å². The predicted octanol–water partition coefficient (Wildman–Crippen LogP) is 1.67. The highest BCUT2D eigenvalue weighted by Gasteiger charge is 2.48. The van der Waals surface area contributed by atoms with E-state index in [0.29, 0.717) is 6.42 Å². The van der Waals surface area contributed by atoms with Gasteiger partial charge in [-0.25, -0.2) is 22.0 Å². The first-order valence-corrected chi connectivity index (χ1v) is 8.86. The molecule has 2 heterocycles. The maximum Gasteiger partial charge on any atom is 0.410 e. The Balaban J connectivity index is 2.15. The zero-order valence-electron chi connectivity index (χ0n) is 13.0. The third kappa shape index (κ3) is 4.07. The molecule has 0 spiro atoms. The summed E-state index contributed by atoms with van der Waals surface area (Å²) in [7, 11) is -3.50. The van der Waals surface area contributed by atoms with Crippen molar-refractivity contribution >= 4 is 16.1 Å². The van der Waals surface area contributed by atoms with E-state index in [1.165, 1.54) is 0 Å². The third-order valence-corrected chi connectivity index (χ3v) is 5.58. The highest BCUT2D eigenvalue weighted by atomic mass is 32.2. The Kier molecular flexibility index (Phi) is 4.42. The molecule has 1 amide bonds. The van der Waals surface area contributed by atoms with Gasteiger partial charge in [0.15, 0.2) is 0 Å². The zero-order chi connectivity index (χ0) is 16.8. The summed E-state index contributed by atoms with van der Waals surface area (Å²) in [6, 6.07) is -0.899. The molecule has 0 saturated carbocycles. The number of rotatable bonds is 1. The van der Waals surface area contributed by atoms with Crippen molar-refractivity contribution in [2.24, 2.45) is 0 Å². The predicted molar refractivity (Wildman–Crippen MR) is 76.3 cm³/mol. The molecule has 0 bridgehead atoms. The minimum Gasteiger partial charge on any atom is -0.444 e. The molecule has 2 rings (SSSR count). The van der Waals surface area contributed by atoms with E-state index in [4.69, 9.17) is 4.74 Å². The molecule has 0 aromatic carbocycles. The van der Waals surface area contributed by atoms with Crippen molar-refractivity contribution in [1.82, 2.24) is 9.21 Å². The van der Waals surface area contributed by atoms with E-state index >= 15 is 0 Å². The van der Waals surface area contributed by atoms with Crippen LogP contribution in [0.4, 0.5) is 13.6 Å². The molecule has 0 aliphatic carbocycles. The molecule has 2 aliphatic heterocycles. The summed E-state index contributed by atoms with van der Waals surface area (Å²) in [5, 5.41) is 0. The lowest BCUT2D eigenvalue weighted by Gasteiger charge is -2.40. The number of likely N-dealkylation sites (tertiary alicyclic amines) is 1. The van der Waals surface area contributed by atoms with Crippen LogP contribution in [0, 0.1) is 0 Å². The largest absolute Gasteiger partial charge is 0.444 e. The SMILES string of the molecule is CC(C)(C)OC(=O)N1C[C@H](N2CCCS2(=O)=O)CC(F)(F)C1. The third-order valence-electron chi connectivity index (χ3n) is 3.58. The Morgan fingerprint density at radius 3 is 2.45 bits per heavy atom. The van der Waals surface area contributed by atoms with Crippen LogP contribution < -0.4 is 0 Å². The molecule has 0 radical (unpaired) electrons. The molecule has 0 unspecified atom stereocenters. The van der Waals surface area contributed by atoms with Crippen molar-refractivity contribution in [3.8, 4) is 0 Å². The molecule has 128 valence electrons. The van der Waals surface area contributed by atoms with Crippen LogP contribution in [0.25, 0.3) is 0 Å². The van der Waals surface area contributed by atoms with Gasteiger partial charge in [-0.2, -0.15) is 4.31 Å². The van der Waals surface area contributed by atoms with Gasteiger partial charge in [-0.3, -0.25) is 0 Å². The van der Waals surface area contributed by atoms with Gasteiger partial charge in [0.25, 0.3) is 5.92 Å². The van der Waals surface area contributed by atoms with Crippen LogP contribution in [-0.4, -0.2) is 66.7 Å². The van der Waals surface area contributed by atoms with Gasteiger partial charge in [-0.15, -0.1) is 0 Å². The second-order valence-electron chi connectivity index (χ2n) is 6.86. The summed E-state index contributed by atoms with van der Waals surface area (Å²) >= 11 is 0. The van der Waals surface area contributed by atoms with Gasteiger partial charge in [0.1, 0.15) is 5.60 Å². The maximum atomic E-state index is 13.9. The van der Waals surface area contributed by atoms with Gasteiger partial charge in [0.05, 0.1) is 12.3 Å². The molecule has 0 aromatic heterocycles. The van der Waals surface area contributed by atoms with Gasteiger partial charge in [-0.05, 0) is 27.2 Å². The summed E-state index contributed by atoms with van der Waals surface area (Å²) in [5.41, 5.74) is -0.793. The van der Waals surface area contributed by atoms with E-state index in [1.54, 1.807) is 20.8 Å². The van der Waals surface area contributed by atoms with Crippen molar-refractivity contribution in [2.45, 2.75) is 51.2 Å². The Labute approximate surface area is 129 Å².